The molecule has 6 heteroatoms. The van der Waals surface area contributed by atoms with E-state index >= 15 is 0 Å². The molecule has 2 rings (SSSR count). The van der Waals surface area contributed by atoms with E-state index in [1.54, 1.807) is 19.1 Å². The first-order valence-electron chi connectivity index (χ1n) is 7.77. The Balaban J connectivity index is 1.96. The number of hydrogen-bond acceptors (Lipinski definition) is 4. The van der Waals surface area contributed by atoms with Crippen molar-refractivity contribution in [3.8, 4) is 5.75 Å². The maximum absolute atomic E-state index is 12.4. The van der Waals surface area contributed by atoms with E-state index in [1.165, 1.54) is 0 Å². The fourth-order valence-corrected chi connectivity index (χ4v) is 2.72. The summed E-state index contributed by atoms with van der Waals surface area (Å²) in [4.78, 5) is 26.2. The molecule has 0 radical (unpaired) electrons. The number of aryl methyl sites for hydroxylation is 1. The highest BCUT2D eigenvalue weighted by Gasteiger charge is 2.34. The molecule has 1 saturated heterocycles. The minimum atomic E-state index is -0.324. The lowest BCUT2D eigenvalue weighted by atomic mass is 10.1. The smallest absolute Gasteiger partial charge is 0.229 e. The Kier molecular flexibility index (Phi) is 5.98. The Morgan fingerprint density at radius 1 is 1.39 bits per heavy atom. The SMILES string of the molecule is COCCCN1CC(C(=O)Nc2cc(C)ccc2OC)CC1=O. The Bertz CT molecular complexity index is 574. The number of carbonyl (C=O) groups is 2. The van der Waals surface area contributed by atoms with Crippen LogP contribution in [0.25, 0.3) is 0 Å². The number of methoxy groups -OCH3 is 2. The van der Waals surface area contributed by atoms with Gasteiger partial charge in [-0.2, -0.15) is 0 Å². The maximum atomic E-state index is 12.4. The summed E-state index contributed by atoms with van der Waals surface area (Å²) in [5.74, 6) is 0.175. The van der Waals surface area contributed by atoms with Crippen molar-refractivity contribution in [3.05, 3.63) is 23.8 Å². The third kappa shape index (κ3) is 4.45. The minimum absolute atomic E-state index is 0.0254. The van der Waals surface area contributed by atoms with Gasteiger partial charge in [0.25, 0.3) is 0 Å². The number of rotatable bonds is 7. The highest BCUT2D eigenvalue weighted by atomic mass is 16.5. The average molecular weight is 320 g/mol. The first-order chi connectivity index (χ1) is 11.0. The zero-order valence-electron chi connectivity index (χ0n) is 13.9. The molecule has 0 aliphatic carbocycles. The normalized spacial score (nSPS) is 17.4. The van der Waals surface area contributed by atoms with Crippen LogP contribution in [0.3, 0.4) is 0 Å². The van der Waals surface area contributed by atoms with Crippen molar-refractivity contribution >= 4 is 17.5 Å². The van der Waals surface area contributed by atoms with Crippen LogP contribution < -0.4 is 10.1 Å². The second-order valence-electron chi connectivity index (χ2n) is 5.78. The fourth-order valence-electron chi connectivity index (χ4n) is 2.72. The summed E-state index contributed by atoms with van der Waals surface area (Å²) in [5, 5.41) is 2.89. The van der Waals surface area contributed by atoms with E-state index in [4.69, 9.17) is 9.47 Å². The summed E-state index contributed by atoms with van der Waals surface area (Å²) in [6.07, 6.45) is 1.04. The highest BCUT2D eigenvalue weighted by molar-refractivity contribution is 5.98. The van der Waals surface area contributed by atoms with Gasteiger partial charge in [0.05, 0.1) is 18.7 Å². The summed E-state index contributed by atoms with van der Waals surface area (Å²) in [5.41, 5.74) is 1.67. The Hall–Kier alpha value is -2.08. The van der Waals surface area contributed by atoms with Crippen molar-refractivity contribution in [3.63, 3.8) is 0 Å². The number of benzene rings is 1. The van der Waals surface area contributed by atoms with Crippen LogP contribution in [0.4, 0.5) is 5.69 Å². The molecule has 1 unspecified atom stereocenters. The number of anilines is 1. The molecule has 0 bridgehead atoms. The van der Waals surface area contributed by atoms with Gasteiger partial charge in [-0.15, -0.1) is 0 Å². The van der Waals surface area contributed by atoms with Gasteiger partial charge < -0.3 is 19.7 Å². The van der Waals surface area contributed by atoms with Crippen LogP contribution in [0.1, 0.15) is 18.4 Å². The molecular formula is C17H24N2O4. The lowest BCUT2D eigenvalue weighted by Crippen LogP contribution is -2.29. The third-order valence-electron chi connectivity index (χ3n) is 3.97. The van der Waals surface area contributed by atoms with Crippen LogP contribution in [0.15, 0.2) is 18.2 Å². The van der Waals surface area contributed by atoms with E-state index in [9.17, 15) is 9.59 Å². The summed E-state index contributed by atoms with van der Waals surface area (Å²) in [6, 6.07) is 5.61. The van der Waals surface area contributed by atoms with Gasteiger partial charge in [-0.1, -0.05) is 6.07 Å². The second kappa shape index (κ2) is 7.97. The fraction of sp³-hybridized carbons (Fsp3) is 0.529. The lowest BCUT2D eigenvalue weighted by Gasteiger charge is -2.17. The van der Waals surface area contributed by atoms with Crippen molar-refractivity contribution in [1.82, 2.24) is 4.90 Å². The number of nitrogens with zero attached hydrogens (tertiary/aromatic N) is 1. The lowest BCUT2D eigenvalue weighted by molar-refractivity contribution is -0.128. The van der Waals surface area contributed by atoms with E-state index in [0.717, 1.165) is 12.0 Å². The summed E-state index contributed by atoms with van der Waals surface area (Å²) >= 11 is 0. The molecule has 23 heavy (non-hydrogen) atoms. The van der Waals surface area contributed by atoms with E-state index in [0.29, 0.717) is 31.1 Å². The van der Waals surface area contributed by atoms with E-state index in [1.807, 2.05) is 25.1 Å². The van der Waals surface area contributed by atoms with Gasteiger partial charge in [0.2, 0.25) is 11.8 Å². The van der Waals surface area contributed by atoms with E-state index in [2.05, 4.69) is 5.32 Å². The zero-order chi connectivity index (χ0) is 16.8. The summed E-state index contributed by atoms with van der Waals surface area (Å²) < 4.78 is 10.3. The average Bonchev–Trinajstić information content (AvgIpc) is 2.89. The van der Waals surface area contributed by atoms with Gasteiger partial charge in [-0.05, 0) is 31.0 Å². The first-order valence-corrected chi connectivity index (χ1v) is 7.77. The number of ether oxygens (including phenoxy) is 2. The number of amides is 2. The Labute approximate surface area is 136 Å². The molecular weight excluding hydrogens is 296 g/mol. The monoisotopic (exact) mass is 320 g/mol. The first kappa shape index (κ1) is 17.3. The van der Waals surface area contributed by atoms with Gasteiger partial charge in [0.1, 0.15) is 5.75 Å². The number of hydrogen-bond donors (Lipinski definition) is 1. The minimum Gasteiger partial charge on any atom is -0.495 e. The van der Waals surface area contributed by atoms with Crippen LogP contribution in [0.2, 0.25) is 0 Å². The molecule has 1 aromatic rings. The number of likely N-dealkylation sites (tertiary alicyclic amines) is 1. The molecule has 1 aliphatic heterocycles. The second-order valence-corrected chi connectivity index (χ2v) is 5.78. The van der Waals surface area contributed by atoms with E-state index < -0.39 is 0 Å². The van der Waals surface area contributed by atoms with Gasteiger partial charge in [-0.25, -0.2) is 0 Å². The van der Waals surface area contributed by atoms with Crippen molar-refractivity contribution in [2.75, 3.05) is 39.2 Å². The molecule has 0 spiro atoms. The predicted molar refractivity (Wildman–Crippen MR) is 87.5 cm³/mol. The molecule has 1 aliphatic rings. The third-order valence-corrected chi connectivity index (χ3v) is 3.97. The molecule has 6 nitrogen and oxygen atoms in total. The molecule has 0 saturated carbocycles. The van der Waals surface area contributed by atoms with Gasteiger partial charge in [0, 0.05) is 33.2 Å². The van der Waals surface area contributed by atoms with Crippen molar-refractivity contribution in [2.24, 2.45) is 5.92 Å². The van der Waals surface area contributed by atoms with Crippen LogP contribution in [0.5, 0.6) is 5.75 Å². The number of nitrogens with one attached hydrogen (secondary N) is 1. The molecule has 2 amide bonds. The molecule has 1 aromatic carbocycles. The van der Waals surface area contributed by atoms with Crippen molar-refractivity contribution < 1.29 is 19.1 Å². The standard InChI is InChI=1S/C17H24N2O4/c1-12-5-6-15(23-3)14(9-12)18-17(21)13-10-16(20)19(11-13)7-4-8-22-2/h5-6,9,13H,4,7-8,10-11H2,1-3H3,(H,18,21). The molecule has 1 heterocycles. The van der Waals surface area contributed by atoms with E-state index in [-0.39, 0.29) is 24.2 Å². The quantitative estimate of drug-likeness (QED) is 0.778. The van der Waals surface area contributed by atoms with Crippen LogP contribution >= 0.6 is 0 Å². The molecule has 1 fully saturated rings. The van der Waals surface area contributed by atoms with Gasteiger partial charge in [0.15, 0.2) is 0 Å². The summed E-state index contributed by atoms with van der Waals surface area (Å²) in [6.45, 7) is 3.65. The highest BCUT2D eigenvalue weighted by Crippen LogP contribution is 2.27. The van der Waals surface area contributed by atoms with Crippen molar-refractivity contribution in [2.45, 2.75) is 19.8 Å². The predicted octanol–water partition coefficient (Wildman–Crippen LogP) is 1.83. The van der Waals surface area contributed by atoms with Crippen molar-refractivity contribution in [1.29, 1.82) is 0 Å². The number of carbonyl (C=O) groups excluding carboxylic acids is 2. The van der Waals surface area contributed by atoms with Gasteiger partial charge >= 0.3 is 0 Å². The maximum Gasteiger partial charge on any atom is 0.229 e. The zero-order valence-corrected chi connectivity index (χ0v) is 13.9. The molecule has 0 aromatic heterocycles. The summed E-state index contributed by atoms with van der Waals surface area (Å²) in [7, 11) is 3.20. The molecule has 1 N–H and O–H groups in total. The molecule has 126 valence electrons. The van der Waals surface area contributed by atoms with Crippen LogP contribution in [0, 0.1) is 12.8 Å². The van der Waals surface area contributed by atoms with Crippen LogP contribution in [-0.2, 0) is 14.3 Å². The Morgan fingerprint density at radius 3 is 2.87 bits per heavy atom. The van der Waals surface area contributed by atoms with Gasteiger partial charge in [-0.3, -0.25) is 9.59 Å². The van der Waals surface area contributed by atoms with Crippen LogP contribution in [-0.4, -0.2) is 50.6 Å². The Morgan fingerprint density at radius 2 is 2.17 bits per heavy atom. The largest absolute Gasteiger partial charge is 0.495 e. The topological polar surface area (TPSA) is 67.9 Å². The molecule has 1 atom stereocenters.